The molecule has 0 fully saturated rings. The van der Waals surface area contributed by atoms with Crippen LogP contribution in [0, 0.1) is 0 Å². The maximum absolute atomic E-state index is 11.6. The smallest absolute Gasteiger partial charge is 0.360 e. The second-order valence-electron chi connectivity index (χ2n) is 4.16. The standard InChI is InChI=1S/C13H18N4O3/c1-4-8-11(14)10(5-2)17(16-8)13-15-9(7-20-13)12(18)19-6-3/h7H,4-6,14H2,1-3H3. The Kier molecular flexibility index (Phi) is 4.07. The molecule has 0 aromatic carbocycles. The highest BCUT2D eigenvalue weighted by Gasteiger charge is 2.19. The van der Waals surface area contributed by atoms with Crippen LogP contribution < -0.4 is 5.73 Å². The van der Waals surface area contributed by atoms with Crippen LogP contribution in [-0.2, 0) is 17.6 Å². The molecule has 2 aromatic rings. The lowest BCUT2D eigenvalue weighted by molar-refractivity contribution is 0.0519. The van der Waals surface area contributed by atoms with Crippen molar-refractivity contribution >= 4 is 11.7 Å². The summed E-state index contributed by atoms with van der Waals surface area (Å²) in [5, 5.41) is 4.37. The number of aromatic nitrogens is 3. The van der Waals surface area contributed by atoms with E-state index >= 15 is 0 Å². The van der Waals surface area contributed by atoms with Gasteiger partial charge in [-0.2, -0.15) is 14.8 Å². The van der Waals surface area contributed by atoms with Crippen LogP contribution in [0.25, 0.3) is 6.01 Å². The lowest BCUT2D eigenvalue weighted by Gasteiger charge is -2.00. The van der Waals surface area contributed by atoms with Crippen molar-refractivity contribution in [3.05, 3.63) is 23.3 Å². The maximum Gasteiger partial charge on any atom is 0.360 e. The van der Waals surface area contributed by atoms with Crippen LogP contribution in [0.2, 0.25) is 0 Å². The molecule has 0 unspecified atom stereocenters. The molecule has 2 rings (SSSR count). The van der Waals surface area contributed by atoms with Crippen molar-refractivity contribution in [3.8, 4) is 6.01 Å². The molecule has 20 heavy (non-hydrogen) atoms. The largest absolute Gasteiger partial charge is 0.461 e. The van der Waals surface area contributed by atoms with Crippen molar-refractivity contribution < 1.29 is 13.9 Å². The van der Waals surface area contributed by atoms with Crippen molar-refractivity contribution in [1.82, 2.24) is 14.8 Å². The summed E-state index contributed by atoms with van der Waals surface area (Å²) < 4.78 is 11.7. The molecule has 7 heteroatoms. The predicted molar refractivity (Wildman–Crippen MR) is 72.7 cm³/mol. The maximum atomic E-state index is 11.6. The van der Waals surface area contributed by atoms with Gasteiger partial charge in [-0.05, 0) is 19.8 Å². The van der Waals surface area contributed by atoms with Crippen LogP contribution in [0.5, 0.6) is 0 Å². The van der Waals surface area contributed by atoms with Crippen LogP contribution in [0.15, 0.2) is 10.7 Å². The number of oxazole rings is 1. The van der Waals surface area contributed by atoms with Gasteiger partial charge in [-0.3, -0.25) is 0 Å². The molecule has 0 spiro atoms. The highest BCUT2D eigenvalue weighted by atomic mass is 16.5. The van der Waals surface area contributed by atoms with Gasteiger partial charge in [0, 0.05) is 0 Å². The zero-order chi connectivity index (χ0) is 14.7. The minimum Gasteiger partial charge on any atom is -0.461 e. The van der Waals surface area contributed by atoms with Gasteiger partial charge in [0.05, 0.1) is 23.7 Å². The monoisotopic (exact) mass is 278 g/mol. The summed E-state index contributed by atoms with van der Waals surface area (Å²) in [6.45, 7) is 5.96. The lowest BCUT2D eigenvalue weighted by Crippen LogP contribution is -2.07. The molecule has 0 bridgehead atoms. The molecule has 0 saturated carbocycles. The van der Waals surface area contributed by atoms with Crippen LogP contribution >= 0.6 is 0 Å². The highest BCUT2D eigenvalue weighted by Crippen LogP contribution is 2.22. The number of anilines is 1. The Morgan fingerprint density at radius 3 is 2.75 bits per heavy atom. The van der Waals surface area contributed by atoms with E-state index in [2.05, 4.69) is 10.1 Å². The van der Waals surface area contributed by atoms with E-state index in [1.807, 2.05) is 13.8 Å². The minimum absolute atomic E-state index is 0.121. The quantitative estimate of drug-likeness (QED) is 0.837. The fraction of sp³-hybridized carbons (Fsp3) is 0.462. The van der Waals surface area contributed by atoms with Gasteiger partial charge in [-0.15, -0.1) is 0 Å². The van der Waals surface area contributed by atoms with E-state index in [4.69, 9.17) is 14.9 Å². The number of nitrogens with two attached hydrogens (primary N) is 1. The number of nitrogen functional groups attached to an aromatic ring is 1. The van der Waals surface area contributed by atoms with Crippen LogP contribution in [0.4, 0.5) is 5.69 Å². The Morgan fingerprint density at radius 1 is 1.40 bits per heavy atom. The number of hydrogen-bond acceptors (Lipinski definition) is 6. The van der Waals surface area contributed by atoms with E-state index < -0.39 is 5.97 Å². The van der Waals surface area contributed by atoms with Crippen molar-refractivity contribution in [2.45, 2.75) is 33.6 Å². The molecular weight excluding hydrogens is 260 g/mol. The van der Waals surface area contributed by atoms with Gasteiger partial charge in [-0.1, -0.05) is 13.8 Å². The van der Waals surface area contributed by atoms with E-state index in [1.165, 1.54) is 10.9 Å². The number of esters is 1. The third-order valence-corrected chi connectivity index (χ3v) is 2.93. The van der Waals surface area contributed by atoms with Gasteiger partial charge in [0.25, 0.3) is 0 Å². The highest BCUT2D eigenvalue weighted by molar-refractivity contribution is 5.86. The summed E-state index contributed by atoms with van der Waals surface area (Å²) in [5.41, 5.74) is 8.41. The lowest BCUT2D eigenvalue weighted by atomic mass is 10.2. The first-order chi connectivity index (χ1) is 9.62. The topological polar surface area (TPSA) is 96.2 Å². The molecule has 108 valence electrons. The second kappa shape index (κ2) is 5.77. The Bertz CT molecular complexity index is 615. The Labute approximate surface area is 116 Å². The fourth-order valence-corrected chi connectivity index (χ4v) is 1.94. The molecule has 7 nitrogen and oxygen atoms in total. The summed E-state index contributed by atoms with van der Waals surface area (Å²) in [6, 6.07) is 0.219. The molecule has 0 radical (unpaired) electrons. The van der Waals surface area contributed by atoms with E-state index in [-0.39, 0.29) is 18.3 Å². The normalized spacial score (nSPS) is 10.8. The molecule has 0 atom stereocenters. The first-order valence-electron chi connectivity index (χ1n) is 6.61. The van der Waals surface area contributed by atoms with Gasteiger partial charge in [0.2, 0.25) is 0 Å². The first kappa shape index (κ1) is 14.1. The Morgan fingerprint density at radius 2 is 2.15 bits per heavy atom. The van der Waals surface area contributed by atoms with Gasteiger partial charge in [0.1, 0.15) is 6.26 Å². The molecular formula is C13H18N4O3. The number of carbonyl (C=O) groups excluding carboxylic acids is 1. The van der Waals surface area contributed by atoms with Gasteiger partial charge in [-0.25, -0.2) is 4.79 Å². The number of ether oxygens (including phenoxy) is 1. The molecule has 2 N–H and O–H groups in total. The first-order valence-corrected chi connectivity index (χ1v) is 6.61. The number of nitrogens with zero attached hydrogens (tertiary/aromatic N) is 3. The third kappa shape index (κ3) is 2.38. The third-order valence-electron chi connectivity index (χ3n) is 2.93. The van der Waals surface area contributed by atoms with Crippen LogP contribution in [-0.4, -0.2) is 27.3 Å². The average Bonchev–Trinajstić information content (AvgIpc) is 3.03. The van der Waals surface area contributed by atoms with E-state index in [9.17, 15) is 4.79 Å². The molecule has 2 heterocycles. The summed E-state index contributed by atoms with van der Waals surface area (Å²) in [4.78, 5) is 15.7. The summed E-state index contributed by atoms with van der Waals surface area (Å²) >= 11 is 0. The molecule has 0 aliphatic rings. The van der Waals surface area contributed by atoms with E-state index in [1.54, 1.807) is 6.92 Å². The number of carbonyl (C=O) groups is 1. The summed E-state index contributed by atoms with van der Waals surface area (Å²) in [7, 11) is 0. The predicted octanol–water partition coefficient (Wildman–Crippen LogP) is 1.74. The SMILES string of the molecule is CCOC(=O)c1coc(-n2nc(CC)c(N)c2CC)n1. The minimum atomic E-state index is -0.517. The molecule has 0 amide bonds. The Hall–Kier alpha value is -2.31. The Balaban J connectivity index is 2.39. The summed E-state index contributed by atoms with van der Waals surface area (Å²) in [5.74, 6) is -0.517. The van der Waals surface area contributed by atoms with Crippen LogP contribution in [0.1, 0.15) is 42.6 Å². The van der Waals surface area contributed by atoms with Gasteiger partial charge in [0.15, 0.2) is 5.69 Å². The second-order valence-corrected chi connectivity index (χ2v) is 4.16. The zero-order valence-corrected chi connectivity index (χ0v) is 11.8. The fourth-order valence-electron chi connectivity index (χ4n) is 1.94. The summed E-state index contributed by atoms with van der Waals surface area (Å²) in [6.07, 6.45) is 2.67. The number of aryl methyl sites for hydroxylation is 1. The van der Waals surface area contributed by atoms with Crippen LogP contribution in [0.3, 0.4) is 0 Å². The van der Waals surface area contributed by atoms with Crippen molar-refractivity contribution in [3.63, 3.8) is 0 Å². The molecule has 0 saturated heterocycles. The average molecular weight is 278 g/mol. The van der Waals surface area contributed by atoms with Crippen molar-refractivity contribution in [2.24, 2.45) is 0 Å². The number of rotatable bonds is 5. The molecule has 0 aliphatic heterocycles. The van der Waals surface area contributed by atoms with E-state index in [0.29, 0.717) is 12.1 Å². The molecule has 0 aliphatic carbocycles. The number of hydrogen-bond donors (Lipinski definition) is 1. The van der Waals surface area contributed by atoms with Crippen molar-refractivity contribution in [1.29, 1.82) is 0 Å². The van der Waals surface area contributed by atoms with Gasteiger partial charge >= 0.3 is 12.0 Å². The van der Waals surface area contributed by atoms with Crippen molar-refractivity contribution in [2.75, 3.05) is 12.3 Å². The van der Waals surface area contributed by atoms with E-state index in [0.717, 1.165) is 17.8 Å². The zero-order valence-electron chi connectivity index (χ0n) is 11.8. The molecule has 2 aromatic heterocycles. The van der Waals surface area contributed by atoms with Gasteiger partial charge < -0.3 is 14.9 Å².